The minimum absolute atomic E-state index is 0.0234. The van der Waals surface area contributed by atoms with Gasteiger partial charge in [0, 0.05) is 52.4 Å². The fraction of sp³-hybridized carbons (Fsp3) is 0.375. The molecule has 0 unspecified atom stereocenters. The Bertz CT molecular complexity index is 1620. The molecule has 12 nitrogen and oxygen atoms in total. The number of carbonyl (C=O) groups excluding carboxylic acids is 2. The molecule has 4 saturated heterocycles. The summed E-state index contributed by atoms with van der Waals surface area (Å²) in [5, 5.41) is 9.76. The normalized spacial score (nSPS) is 20.3. The number of hydrogen-bond acceptors (Lipinski definition) is 8. The molecule has 6 heterocycles. The van der Waals surface area contributed by atoms with Gasteiger partial charge in [0.2, 0.25) is 10.2 Å². The molecule has 0 saturated carbocycles. The van der Waals surface area contributed by atoms with Crippen LogP contribution in [-0.4, -0.2) is 95.6 Å². The van der Waals surface area contributed by atoms with Crippen LogP contribution in [-0.2, 0) is 9.59 Å². The number of ether oxygens (including phenoxy) is 2. The molecule has 0 N–H and O–H groups in total. The van der Waals surface area contributed by atoms with Crippen LogP contribution in [0.25, 0.3) is 0 Å². The number of benzene rings is 2. The van der Waals surface area contributed by atoms with Crippen LogP contribution in [0.15, 0.2) is 49.1 Å². The summed E-state index contributed by atoms with van der Waals surface area (Å²) in [5.41, 5.74) is 2.20. The maximum Gasteiger partial charge on any atom is 0.264 e. The molecule has 6 aliphatic heterocycles. The zero-order chi connectivity index (χ0) is 34.0. The van der Waals surface area contributed by atoms with Gasteiger partial charge in [-0.2, -0.15) is 0 Å². The molecule has 48 heavy (non-hydrogen) atoms. The van der Waals surface area contributed by atoms with E-state index in [1.165, 1.54) is 11.0 Å². The highest BCUT2D eigenvalue weighted by molar-refractivity contribution is 7.80. The highest BCUT2D eigenvalue weighted by Gasteiger charge is 2.41. The summed E-state index contributed by atoms with van der Waals surface area (Å²) in [6.45, 7) is 11.6. The van der Waals surface area contributed by atoms with Gasteiger partial charge >= 0.3 is 0 Å². The summed E-state index contributed by atoms with van der Waals surface area (Å²) in [6, 6.07) is 6.47. The monoisotopic (exact) mass is 712 g/mol. The van der Waals surface area contributed by atoms with E-state index in [-0.39, 0.29) is 30.7 Å². The van der Waals surface area contributed by atoms with Gasteiger partial charge in [-0.25, -0.2) is 4.39 Å². The summed E-state index contributed by atoms with van der Waals surface area (Å²) in [7, 11) is 3.38. The van der Waals surface area contributed by atoms with Gasteiger partial charge in [-0.15, -0.1) is 0 Å². The largest absolute Gasteiger partial charge is 0.482 e. The number of hydrogen-bond donors (Lipinski definition) is 0. The van der Waals surface area contributed by atoms with Crippen molar-refractivity contribution in [2.75, 3.05) is 73.1 Å². The number of carbonyl (C=O) groups is 2. The van der Waals surface area contributed by atoms with Gasteiger partial charge in [0.15, 0.2) is 19.0 Å². The Kier molecular flexibility index (Phi) is 8.24. The van der Waals surface area contributed by atoms with E-state index in [2.05, 4.69) is 23.2 Å². The molecule has 2 amide bonds. The van der Waals surface area contributed by atoms with Gasteiger partial charge < -0.3 is 19.3 Å². The van der Waals surface area contributed by atoms with Crippen LogP contribution < -0.4 is 29.1 Å². The summed E-state index contributed by atoms with van der Waals surface area (Å²) < 4.78 is 25.5. The number of hydrazine groups is 2. The predicted octanol–water partition coefficient (Wildman–Crippen LogP) is 4.65. The molecular formula is C32H34ClFN8O4S2. The van der Waals surface area contributed by atoms with E-state index in [9.17, 15) is 14.0 Å². The minimum Gasteiger partial charge on any atom is -0.482 e. The molecule has 6 aliphatic rings. The molecule has 2 aromatic rings. The Labute approximate surface area is 293 Å². The van der Waals surface area contributed by atoms with Gasteiger partial charge in [-0.1, -0.05) is 24.8 Å². The zero-order valence-electron chi connectivity index (χ0n) is 26.6. The molecule has 8 rings (SSSR count). The molecular weight excluding hydrogens is 679 g/mol. The third kappa shape index (κ3) is 5.15. The third-order valence-corrected chi connectivity index (χ3v) is 10.3. The van der Waals surface area contributed by atoms with Gasteiger partial charge in [0.1, 0.15) is 23.1 Å². The number of nitrogens with zero attached hydrogens (tertiary/aromatic N) is 8. The molecule has 16 heteroatoms. The maximum absolute atomic E-state index is 14.7. The van der Waals surface area contributed by atoms with Crippen molar-refractivity contribution in [3.63, 3.8) is 0 Å². The van der Waals surface area contributed by atoms with Crippen molar-refractivity contribution >= 4 is 80.8 Å². The molecule has 0 atom stereocenters. The fourth-order valence-electron chi connectivity index (χ4n) is 6.54. The summed E-state index contributed by atoms with van der Waals surface area (Å²) in [6.07, 6.45) is 4.29. The summed E-state index contributed by atoms with van der Waals surface area (Å²) >= 11 is 17.7. The van der Waals surface area contributed by atoms with Crippen molar-refractivity contribution in [1.82, 2.24) is 20.0 Å². The number of halogens is 2. The number of anilines is 4. The molecule has 0 bridgehead atoms. The quantitative estimate of drug-likeness (QED) is 0.407. The Balaban J connectivity index is 0.000000152. The molecule has 4 fully saturated rings. The van der Waals surface area contributed by atoms with E-state index >= 15 is 0 Å². The van der Waals surface area contributed by atoms with Gasteiger partial charge in [0.25, 0.3) is 11.8 Å². The van der Waals surface area contributed by atoms with Crippen LogP contribution in [0.4, 0.5) is 27.1 Å². The van der Waals surface area contributed by atoms with E-state index in [0.717, 1.165) is 57.7 Å². The minimum atomic E-state index is -0.457. The lowest BCUT2D eigenvalue weighted by Crippen LogP contribution is -2.42. The average molecular weight is 713 g/mol. The number of thiocarbonyl (C=S) groups is 2. The van der Waals surface area contributed by atoms with Gasteiger partial charge in [-0.05, 0) is 62.3 Å². The van der Waals surface area contributed by atoms with Crippen molar-refractivity contribution in [3.8, 4) is 11.5 Å². The van der Waals surface area contributed by atoms with E-state index in [1.54, 1.807) is 36.0 Å². The van der Waals surface area contributed by atoms with E-state index < -0.39 is 5.82 Å². The fourth-order valence-corrected chi connectivity index (χ4v) is 7.56. The first-order valence-electron chi connectivity index (χ1n) is 15.6. The van der Waals surface area contributed by atoms with E-state index in [4.69, 9.17) is 45.5 Å². The zero-order valence-corrected chi connectivity index (χ0v) is 29.0. The van der Waals surface area contributed by atoms with Crippen molar-refractivity contribution < 1.29 is 23.5 Å². The lowest BCUT2D eigenvalue weighted by molar-refractivity contribution is -0.121. The van der Waals surface area contributed by atoms with Crippen molar-refractivity contribution in [2.24, 2.45) is 0 Å². The Morgan fingerprint density at radius 1 is 0.667 bits per heavy atom. The second-order valence-electron chi connectivity index (χ2n) is 12.0. The first-order valence-corrected chi connectivity index (χ1v) is 16.8. The Hall–Kier alpha value is -4.34. The average Bonchev–Trinajstić information content (AvgIpc) is 3.49. The first kappa shape index (κ1) is 32.2. The highest BCUT2D eigenvalue weighted by Crippen LogP contribution is 2.44. The number of fused-ring (bicyclic) bond motifs is 4. The number of rotatable bonds is 2. The van der Waals surface area contributed by atoms with Crippen LogP contribution in [0.3, 0.4) is 0 Å². The molecule has 0 radical (unpaired) electrons. The lowest BCUT2D eigenvalue weighted by Gasteiger charge is -2.33. The van der Waals surface area contributed by atoms with Crippen LogP contribution >= 0.6 is 36.0 Å². The van der Waals surface area contributed by atoms with Crippen molar-refractivity contribution in [2.45, 2.75) is 25.7 Å². The lowest BCUT2D eigenvalue weighted by atomic mass is 10.2. The van der Waals surface area contributed by atoms with Crippen LogP contribution in [0.5, 0.6) is 11.5 Å². The first-order chi connectivity index (χ1) is 23.0. The van der Waals surface area contributed by atoms with Crippen LogP contribution in [0.1, 0.15) is 25.7 Å². The molecule has 2 aromatic carbocycles. The molecule has 252 valence electrons. The predicted molar refractivity (Wildman–Crippen MR) is 189 cm³/mol. The second kappa shape index (κ2) is 12.3. The van der Waals surface area contributed by atoms with Crippen LogP contribution in [0.2, 0.25) is 5.02 Å². The van der Waals surface area contributed by atoms with Gasteiger partial charge in [0.05, 0.1) is 27.8 Å². The topological polar surface area (TPSA) is 78.5 Å². The molecule has 0 aliphatic carbocycles. The number of amides is 2. The Morgan fingerprint density at radius 3 is 1.56 bits per heavy atom. The smallest absolute Gasteiger partial charge is 0.264 e. The highest BCUT2D eigenvalue weighted by atomic mass is 35.5. The standard InChI is InChI=1S/C16H17ClN4O2S.C16H17FN4O2S/c2*1-10-19-5-3-4-6-20(19)16(24)21(10)12-8-13-14(7-11(12)17)23-9-15(22)18(13)2/h2*7-8H,1,3-6,9H2,2H3. The van der Waals surface area contributed by atoms with Crippen LogP contribution in [0, 0.1) is 5.82 Å². The van der Waals surface area contributed by atoms with Crippen molar-refractivity contribution in [3.05, 3.63) is 59.9 Å². The second-order valence-corrected chi connectivity index (χ2v) is 13.1. The van der Waals surface area contributed by atoms with E-state index in [0.29, 0.717) is 49.6 Å². The van der Waals surface area contributed by atoms with Crippen molar-refractivity contribution in [1.29, 1.82) is 0 Å². The maximum atomic E-state index is 14.7. The molecule has 0 spiro atoms. The van der Waals surface area contributed by atoms with Gasteiger partial charge in [-0.3, -0.25) is 39.4 Å². The summed E-state index contributed by atoms with van der Waals surface area (Å²) in [4.78, 5) is 30.3. The third-order valence-electron chi connectivity index (χ3n) is 9.21. The van der Waals surface area contributed by atoms with E-state index in [1.807, 2.05) is 21.0 Å². The molecule has 0 aromatic heterocycles. The number of likely N-dealkylation sites (N-methyl/N-ethyl adjacent to an activating group) is 2. The SMILES string of the molecule is C=C1N(c2cc3c(cc2Cl)OCC(=O)N3C)C(=S)N2CCCCN12.C=C1N(c2cc3c(cc2F)OCC(=O)N3C)C(=S)N2CCCCN12. The Morgan fingerprint density at radius 2 is 1.08 bits per heavy atom. The summed E-state index contributed by atoms with van der Waals surface area (Å²) in [5.74, 6) is 1.63.